The molecule has 0 aromatic rings. The summed E-state index contributed by atoms with van der Waals surface area (Å²) in [6.07, 6.45) is 7.45. The first-order valence-electron chi connectivity index (χ1n) is 6.60. The highest BCUT2D eigenvalue weighted by Gasteiger charge is 2.36. The van der Waals surface area contributed by atoms with Crippen molar-refractivity contribution in [2.45, 2.75) is 69.5 Å². The van der Waals surface area contributed by atoms with Crippen molar-refractivity contribution >= 4 is 24.6 Å². The Morgan fingerprint density at radius 2 is 1.50 bits per heavy atom. The van der Waals surface area contributed by atoms with Crippen molar-refractivity contribution in [3.63, 3.8) is 0 Å². The van der Waals surface area contributed by atoms with E-state index in [1.807, 2.05) is 0 Å². The number of carbonyl (C=O) groups is 2. The second-order valence-corrected chi connectivity index (χ2v) is 5.63. The molecule has 2 N–H and O–H groups in total. The maximum atomic E-state index is 11.0. The van der Waals surface area contributed by atoms with Gasteiger partial charge in [-0.25, -0.2) is 0 Å². The topological polar surface area (TPSA) is 74.6 Å². The number of carboxylic acid groups (broad SMARTS) is 2. The van der Waals surface area contributed by atoms with Crippen LogP contribution >= 0.6 is 12.6 Å². The standard InChI is InChI=1S/C13H24O4S/c1-2-3-4-5-6-7-8-9-13(18,12(16)17)10-11(14)15/h18H,2-10H2,1H3,(H,14,15)(H,16,17). The number of hydrogen-bond donors (Lipinski definition) is 3. The van der Waals surface area contributed by atoms with Gasteiger partial charge in [-0.2, -0.15) is 12.6 Å². The van der Waals surface area contributed by atoms with Crippen LogP contribution in [0.3, 0.4) is 0 Å². The molecule has 0 aromatic carbocycles. The van der Waals surface area contributed by atoms with Gasteiger partial charge in [0.05, 0.1) is 6.42 Å². The van der Waals surface area contributed by atoms with E-state index in [1.165, 1.54) is 25.7 Å². The lowest BCUT2D eigenvalue weighted by Gasteiger charge is -2.21. The van der Waals surface area contributed by atoms with Gasteiger partial charge >= 0.3 is 11.9 Å². The molecule has 0 rings (SSSR count). The summed E-state index contributed by atoms with van der Waals surface area (Å²) in [5.74, 6) is -2.26. The summed E-state index contributed by atoms with van der Waals surface area (Å²) >= 11 is 4.03. The van der Waals surface area contributed by atoms with Gasteiger partial charge in [0, 0.05) is 0 Å². The fourth-order valence-corrected chi connectivity index (χ4v) is 2.19. The van der Waals surface area contributed by atoms with Gasteiger partial charge in [-0.1, -0.05) is 51.9 Å². The number of aliphatic carboxylic acids is 2. The molecule has 4 nitrogen and oxygen atoms in total. The minimum Gasteiger partial charge on any atom is -0.481 e. The number of rotatable bonds is 11. The van der Waals surface area contributed by atoms with Gasteiger partial charge in [0.15, 0.2) is 0 Å². The van der Waals surface area contributed by atoms with E-state index < -0.39 is 23.1 Å². The monoisotopic (exact) mass is 276 g/mol. The largest absolute Gasteiger partial charge is 0.481 e. The van der Waals surface area contributed by atoms with E-state index in [-0.39, 0.29) is 0 Å². The molecule has 0 saturated carbocycles. The molecule has 18 heavy (non-hydrogen) atoms. The van der Waals surface area contributed by atoms with Crippen LogP contribution in [0.15, 0.2) is 0 Å². The Kier molecular flexibility index (Phi) is 8.89. The number of hydrogen-bond acceptors (Lipinski definition) is 3. The highest BCUT2D eigenvalue weighted by Crippen LogP contribution is 2.27. The Morgan fingerprint density at radius 3 is 1.94 bits per heavy atom. The van der Waals surface area contributed by atoms with Crippen molar-refractivity contribution in [1.82, 2.24) is 0 Å². The number of thiol groups is 1. The van der Waals surface area contributed by atoms with Crippen LogP contribution in [0, 0.1) is 0 Å². The van der Waals surface area contributed by atoms with Crippen molar-refractivity contribution in [1.29, 1.82) is 0 Å². The van der Waals surface area contributed by atoms with Gasteiger partial charge < -0.3 is 10.2 Å². The summed E-state index contributed by atoms with van der Waals surface area (Å²) in [5.41, 5.74) is 0. The molecule has 5 heteroatoms. The zero-order chi connectivity index (χ0) is 14.0. The normalized spacial score (nSPS) is 14.1. The summed E-state index contributed by atoms with van der Waals surface area (Å²) in [7, 11) is 0. The lowest BCUT2D eigenvalue weighted by molar-refractivity contribution is -0.146. The Morgan fingerprint density at radius 1 is 1.00 bits per heavy atom. The zero-order valence-electron chi connectivity index (χ0n) is 11.0. The second-order valence-electron chi connectivity index (χ2n) is 4.78. The summed E-state index contributed by atoms with van der Waals surface area (Å²) in [4.78, 5) is 21.6. The van der Waals surface area contributed by atoms with Crippen LogP contribution in [0.2, 0.25) is 0 Å². The van der Waals surface area contributed by atoms with E-state index >= 15 is 0 Å². The molecule has 0 spiro atoms. The predicted octanol–water partition coefficient (Wildman–Crippen LogP) is 3.36. The van der Waals surface area contributed by atoms with Crippen LogP contribution in [-0.4, -0.2) is 26.9 Å². The van der Waals surface area contributed by atoms with E-state index in [9.17, 15) is 9.59 Å². The molecule has 0 radical (unpaired) electrons. The Bertz CT molecular complexity index is 268. The molecular weight excluding hydrogens is 252 g/mol. The summed E-state index contributed by atoms with van der Waals surface area (Å²) in [5, 5.41) is 17.7. The quantitative estimate of drug-likeness (QED) is 0.399. The van der Waals surface area contributed by atoms with Crippen molar-refractivity contribution in [2.75, 3.05) is 0 Å². The Balaban J connectivity index is 3.84. The molecule has 106 valence electrons. The predicted molar refractivity (Wildman–Crippen MR) is 74.2 cm³/mol. The lowest BCUT2D eigenvalue weighted by Crippen LogP contribution is -2.35. The maximum absolute atomic E-state index is 11.0. The second kappa shape index (κ2) is 9.25. The van der Waals surface area contributed by atoms with Gasteiger partial charge in [0.1, 0.15) is 4.75 Å². The first-order valence-corrected chi connectivity index (χ1v) is 7.04. The molecule has 0 saturated heterocycles. The van der Waals surface area contributed by atoms with Crippen LogP contribution in [-0.2, 0) is 9.59 Å². The van der Waals surface area contributed by atoms with Crippen molar-refractivity contribution in [3.8, 4) is 0 Å². The third kappa shape index (κ3) is 7.58. The number of carboxylic acids is 2. The van der Waals surface area contributed by atoms with Gasteiger partial charge in [-0.05, 0) is 6.42 Å². The van der Waals surface area contributed by atoms with E-state index in [2.05, 4.69) is 19.6 Å². The van der Waals surface area contributed by atoms with Gasteiger partial charge in [0.2, 0.25) is 0 Å². The van der Waals surface area contributed by atoms with Crippen molar-refractivity contribution in [2.24, 2.45) is 0 Å². The third-order valence-electron chi connectivity index (χ3n) is 3.04. The van der Waals surface area contributed by atoms with Crippen LogP contribution in [0.1, 0.15) is 64.7 Å². The van der Waals surface area contributed by atoms with E-state index in [1.54, 1.807) is 0 Å². The van der Waals surface area contributed by atoms with Gasteiger partial charge in [0.25, 0.3) is 0 Å². The molecular formula is C13H24O4S. The van der Waals surface area contributed by atoms with Crippen LogP contribution in [0.25, 0.3) is 0 Å². The SMILES string of the molecule is CCCCCCCCCC(S)(CC(=O)O)C(=O)O. The van der Waals surface area contributed by atoms with Crippen molar-refractivity contribution < 1.29 is 19.8 Å². The molecule has 1 atom stereocenters. The van der Waals surface area contributed by atoms with Crippen LogP contribution in [0.4, 0.5) is 0 Å². The fraction of sp³-hybridized carbons (Fsp3) is 0.846. The minimum atomic E-state index is -1.42. The van der Waals surface area contributed by atoms with Crippen LogP contribution in [0.5, 0.6) is 0 Å². The Labute approximate surface area is 114 Å². The fourth-order valence-electron chi connectivity index (χ4n) is 1.90. The molecule has 0 amide bonds. The minimum absolute atomic E-state index is 0.311. The first kappa shape index (κ1) is 17.3. The van der Waals surface area contributed by atoms with E-state index in [4.69, 9.17) is 10.2 Å². The molecule has 0 heterocycles. The summed E-state index contributed by atoms with van der Waals surface area (Å²) < 4.78 is -1.42. The average Bonchev–Trinajstić information content (AvgIpc) is 2.26. The van der Waals surface area contributed by atoms with Gasteiger partial charge in [-0.3, -0.25) is 9.59 Å². The zero-order valence-corrected chi connectivity index (χ0v) is 11.9. The molecule has 0 aromatic heterocycles. The lowest BCUT2D eigenvalue weighted by atomic mass is 9.96. The smallest absolute Gasteiger partial charge is 0.320 e. The molecule has 0 aliphatic carbocycles. The van der Waals surface area contributed by atoms with Gasteiger partial charge in [-0.15, -0.1) is 0 Å². The Hall–Kier alpha value is -0.710. The third-order valence-corrected chi connectivity index (χ3v) is 3.61. The summed E-state index contributed by atoms with van der Waals surface area (Å²) in [6, 6.07) is 0. The maximum Gasteiger partial charge on any atom is 0.320 e. The number of unbranched alkanes of at least 4 members (excludes halogenated alkanes) is 6. The van der Waals surface area contributed by atoms with Crippen molar-refractivity contribution in [3.05, 3.63) is 0 Å². The van der Waals surface area contributed by atoms with Crippen LogP contribution < -0.4 is 0 Å². The first-order chi connectivity index (χ1) is 8.42. The molecule has 0 bridgehead atoms. The molecule has 1 unspecified atom stereocenters. The molecule has 0 aliphatic rings. The summed E-state index contributed by atoms with van der Waals surface area (Å²) in [6.45, 7) is 2.16. The highest BCUT2D eigenvalue weighted by molar-refractivity contribution is 7.82. The molecule has 0 fully saturated rings. The highest BCUT2D eigenvalue weighted by atomic mass is 32.1. The average molecular weight is 276 g/mol. The van der Waals surface area contributed by atoms with E-state index in [0.29, 0.717) is 6.42 Å². The van der Waals surface area contributed by atoms with E-state index in [0.717, 1.165) is 19.3 Å². The molecule has 0 aliphatic heterocycles.